The van der Waals surface area contributed by atoms with Crippen molar-refractivity contribution in [2.45, 2.75) is 13.2 Å². The van der Waals surface area contributed by atoms with Crippen LogP contribution in [0.25, 0.3) is 0 Å². The highest BCUT2D eigenvalue weighted by Crippen LogP contribution is 2.25. The van der Waals surface area contributed by atoms with Gasteiger partial charge in [0.2, 0.25) is 18.2 Å². The molecular weight excluding hydrogens is 395 g/mol. The summed E-state index contributed by atoms with van der Waals surface area (Å²) in [6, 6.07) is 14.4. The number of hydrogen-bond acceptors (Lipinski definition) is 7. The Morgan fingerprint density at radius 1 is 1.14 bits per heavy atom. The van der Waals surface area contributed by atoms with Gasteiger partial charge in [0.05, 0.1) is 13.2 Å². The Labute approximate surface area is 175 Å². The third kappa shape index (κ3) is 4.78. The number of nitrogens with two attached hydrogens (primary N) is 1. The number of anilines is 2. The van der Waals surface area contributed by atoms with Crippen LogP contribution >= 0.6 is 12.4 Å². The largest absolute Gasteiger partial charge is 0.378 e. The van der Waals surface area contributed by atoms with E-state index in [4.69, 9.17) is 10.5 Å². The third-order valence-electron chi connectivity index (χ3n) is 4.66. The molecule has 2 aromatic rings. The Morgan fingerprint density at radius 2 is 1.86 bits per heavy atom. The molecule has 1 atom stereocenters. The summed E-state index contributed by atoms with van der Waals surface area (Å²) in [5.41, 5.74) is 8.72. The molecule has 4 rings (SSSR count). The Bertz CT molecular complexity index is 898. The molecule has 2 aromatic carbocycles. The predicted octanol–water partition coefficient (Wildman–Crippen LogP) is 2.77. The lowest BCUT2D eigenvalue weighted by Crippen LogP contribution is -2.57. The first-order valence-electron chi connectivity index (χ1n) is 9.23. The van der Waals surface area contributed by atoms with Crippen molar-refractivity contribution in [1.29, 1.82) is 0 Å². The van der Waals surface area contributed by atoms with Gasteiger partial charge in [0, 0.05) is 24.5 Å². The van der Waals surface area contributed by atoms with E-state index < -0.39 is 6.29 Å². The minimum absolute atomic E-state index is 0. The Morgan fingerprint density at radius 3 is 2.55 bits per heavy atom. The van der Waals surface area contributed by atoms with Gasteiger partial charge in [-0.25, -0.2) is 9.38 Å². The Kier molecular flexibility index (Phi) is 6.56. The first kappa shape index (κ1) is 20.9. The second-order valence-corrected chi connectivity index (χ2v) is 6.73. The second-order valence-electron chi connectivity index (χ2n) is 6.73. The van der Waals surface area contributed by atoms with Crippen LogP contribution in [0, 0.1) is 12.7 Å². The van der Waals surface area contributed by atoms with Gasteiger partial charge in [-0.2, -0.15) is 4.99 Å². The maximum atomic E-state index is 13.7. The molecule has 9 heteroatoms. The molecule has 29 heavy (non-hydrogen) atoms. The molecule has 0 saturated carbocycles. The van der Waals surface area contributed by atoms with E-state index >= 15 is 0 Å². The molecule has 2 heterocycles. The lowest BCUT2D eigenvalue weighted by molar-refractivity contribution is 0.0671. The van der Waals surface area contributed by atoms with E-state index in [0.717, 1.165) is 11.3 Å². The van der Waals surface area contributed by atoms with E-state index in [0.29, 0.717) is 38.0 Å². The molecule has 2 aliphatic rings. The van der Waals surface area contributed by atoms with E-state index in [1.54, 1.807) is 12.1 Å². The molecule has 0 aromatic heterocycles. The van der Waals surface area contributed by atoms with Crippen LogP contribution in [0.2, 0.25) is 0 Å². The van der Waals surface area contributed by atoms with Gasteiger partial charge >= 0.3 is 0 Å². The number of nitrogens with one attached hydrogen (secondary N) is 1. The number of aryl methyl sites for hydroxylation is 1. The average molecular weight is 419 g/mol. The van der Waals surface area contributed by atoms with Crippen LogP contribution in [-0.2, 0) is 4.74 Å². The summed E-state index contributed by atoms with van der Waals surface area (Å²) in [6.07, 6.45) is -0.556. The van der Waals surface area contributed by atoms with Gasteiger partial charge in [-0.15, -0.1) is 12.4 Å². The van der Waals surface area contributed by atoms with E-state index in [1.807, 2.05) is 36.1 Å². The van der Waals surface area contributed by atoms with Crippen LogP contribution in [0.15, 0.2) is 58.5 Å². The van der Waals surface area contributed by atoms with Crippen LogP contribution in [-0.4, -0.2) is 49.4 Å². The monoisotopic (exact) mass is 418 g/mol. The number of aliphatic imine (C=N–C) groups is 2. The fourth-order valence-electron chi connectivity index (χ4n) is 3.25. The van der Waals surface area contributed by atoms with Crippen molar-refractivity contribution in [1.82, 2.24) is 4.90 Å². The summed E-state index contributed by atoms with van der Waals surface area (Å²) in [5, 5.41) is 3.26. The van der Waals surface area contributed by atoms with Gasteiger partial charge < -0.3 is 20.7 Å². The van der Waals surface area contributed by atoms with Crippen LogP contribution in [0.4, 0.5) is 15.8 Å². The number of morpholine rings is 1. The lowest BCUT2D eigenvalue weighted by atomic mass is 10.2. The zero-order valence-corrected chi connectivity index (χ0v) is 16.9. The van der Waals surface area contributed by atoms with Crippen molar-refractivity contribution in [2.24, 2.45) is 15.7 Å². The number of benzene rings is 2. The van der Waals surface area contributed by atoms with Crippen molar-refractivity contribution in [3.05, 3.63) is 59.9 Å². The van der Waals surface area contributed by atoms with Crippen LogP contribution in [0.3, 0.4) is 0 Å². The van der Waals surface area contributed by atoms with Crippen molar-refractivity contribution >= 4 is 35.7 Å². The van der Waals surface area contributed by atoms with E-state index in [-0.39, 0.29) is 24.2 Å². The number of rotatable bonds is 3. The van der Waals surface area contributed by atoms with Crippen molar-refractivity contribution in [3.63, 3.8) is 0 Å². The summed E-state index contributed by atoms with van der Waals surface area (Å²) in [6.45, 7) is 4.71. The number of nitrogens with zero attached hydrogens (tertiary/aromatic N) is 4. The fourth-order valence-corrected chi connectivity index (χ4v) is 3.25. The molecule has 154 valence electrons. The summed E-state index contributed by atoms with van der Waals surface area (Å²) >= 11 is 0. The molecule has 3 N–H and O–H groups in total. The van der Waals surface area contributed by atoms with Gasteiger partial charge in [-0.3, -0.25) is 4.90 Å². The molecule has 2 aliphatic heterocycles. The summed E-state index contributed by atoms with van der Waals surface area (Å²) in [7, 11) is 0. The van der Waals surface area contributed by atoms with E-state index in [9.17, 15) is 4.39 Å². The number of ether oxygens (including phenoxy) is 1. The molecule has 0 amide bonds. The molecule has 1 unspecified atom stereocenters. The van der Waals surface area contributed by atoms with Gasteiger partial charge in [0.25, 0.3) is 0 Å². The first-order chi connectivity index (χ1) is 13.6. The zero-order valence-electron chi connectivity index (χ0n) is 16.1. The first-order valence-corrected chi connectivity index (χ1v) is 9.23. The third-order valence-corrected chi connectivity index (χ3v) is 4.66. The molecule has 1 fully saturated rings. The molecular formula is C20H24ClFN6O. The van der Waals surface area contributed by atoms with Gasteiger partial charge in [0.1, 0.15) is 5.82 Å². The highest BCUT2D eigenvalue weighted by Gasteiger charge is 2.32. The fraction of sp³-hybridized carbons (Fsp3) is 0.300. The Balaban J connectivity index is 0.00000240. The summed E-state index contributed by atoms with van der Waals surface area (Å²) in [4.78, 5) is 13.1. The predicted molar refractivity (Wildman–Crippen MR) is 116 cm³/mol. The standard InChI is InChI=1S/C20H23FN6O.ClH/c1-14-5-7-17(8-6-14)27-19(23-16-4-2-3-15(21)13-16)24-18(22)25-20(27)26-9-11-28-12-10-26;/h2-8,13,19,23H,9-12H2,1H3,(H2,22,24);1H. The van der Waals surface area contributed by atoms with E-state index in [2.05, 4.69) is 20.2 Å². The molecule has 0 spiro atoms. The summed E-state index contributed by atoms with van der Waals surface area (Å²) in [5.74, 6) is 0.564. The topological polar surface area (TPSA) is 78.5 Å². The average Bonchev–Trinajstić information content (AvgIpc) is 2.69. The van der Waals surface area contributed by atoms with Gasteiger partial charge in [0.15, 0.2) is 0 Å². The Hall–Kier alpha value is -2.84. The molecule has 0 aliphatic carbocycles. The van der Waals surface area contributed by atoms with Crippen LogP contribution in [0.5, 0.6) is 0 Å². The molecule has 0 bridgehead atoms. The van der Waals surface area contributed by atoms with Crippen molar-refractivity contribution in [2.75, 3.05) is 36.5 Å². The maximum Gasteiger partial charge on any atom is 0.222 e. The number of hydrogen-bond donors (Lipinski definition) is 2. The minimum atomic E-state index is -0.556. The molecule has 1 saturated heterocycles. The smallest absolute Gasteiger partial charge is 0.222 e. The second kappa shape index (κ2) is 9.11. The van der Waals surface area contributed by atoms with Crippen LogP contribution < -0.4 is 16.0 Å². The van der Waals surface area contributed by atoms with Crippen molar-refractivity contribution in [3.8, 4) is 0 Å². The van der Waals surface area contributed by atoms with Gasteiger partial charge in [-0.1, -0.05) is 23.8 Å². The highest BCUT2D eigenvalue weighted by atomic mass is 35.5. The lowest BCUT2D eigenvalue weighted by Gasteiger charge is -2.41. The van der Waals surface area contributed by atoms with Gasteiger partial charge in [-0.05, 0) is 37.3 Å². The SMILES string of the molecule is Cc1ccc(N2C(N3CCOCC3)=NC(N)=NC2Nc2cccc(F)c2)cc1.Cl. The number of halogens is 2. The number of guanidine groups is 2. The zero-order chi connectivity index (χ0) is 19.5. The van der Waals surface area contributed by atoms with E-state index in [1.165, 1.54) is 12.1 Å². The quantitative estimate of drug-likeness (QED) is 0.801. The normalized spacial score (nSPS) is 19.2. The van der Waals surface area contributed by atoms with Crippen molar-refractivity contribution < 1.29 is 9.13 Å². The maximum absolute atomic E-state index is 13.7. The van der Waals surface area contributed by atoms with Crippen LogP contribution in [0.1, 0.15) is 5.56 Å². The summed E-state index contributed by atoms with van der Waals surface area (Å²) < 4.78 is 19.1. The molecule has 7 nitrogen and oxygen atoms in total. The molecule has 0 radical (unpaired) electrons. The highest BCUT2D eigenvalue weighted by molar-refractivity contribution is 6.06. The minimum Gasteiger partial charge on any atom is -0.378 e.